The summed E-state index contributed by atoms with van der Waals surface area (Å²) in [5.74, 6) is 2.66. The van der Waals surface area contributed by atoms with Gasteiger partial charge in [0, 0.05) is 26.1 Å². The predicted molar refractivity (Wildman–Crippen MR) is 109 cm³/mol. The van der Waals surface area contributed by atoms with Crippen LogP contribution in [0.4, 0.5) is 5.13 Å². The molecule has 0 N–H and O–H groups in total. The van der Waals surface area contributed by atoms with Gasteiger partial charge in [0.15, 0.2) is 5.13 Å². The van der Waals surface area contributed by atoms with E-state index >= 15 is 0 Å². The molecule has 7 heteroatoms. The lowest BCUT2D eigenvalue weighted by Crippen LogP contribution is -2.35. The van der Waals surface area contributed by atoms with Gasteiger partial charge in [0.1, 0.15) is 11.6 Å². The highest BCUT2D eigenvalue weighted by Gasteiger charge is 2.28. The van der Waals surface area contributed by atoms with E-state index in [0.29, 0.717) is 5.92 Å². The molecule has 3 aromatic rings. The Morgan fingerprint density at radius 3 is 2.78 bits per heavy atom. The number of para-hydroxylation sites is 1. The minimum absolute atomic E-state index is 0.426. The Balaban J connectivity index is 1.34. The molecule has 1 atom stereocenters. The molecule has 0 aliphatic carbocycles. The van der Waals surface area contributed by atoms with E-state index in [4.69, 9.17) is 4.98 Å². The van der Waals surface area contributed by atoms with Gasteiger partial charge in [-0.1, -0.05) is 23.5 Å². The van der Waals surface area contributed by atoms with Crippen LogP contribution in [0, 0.1) is 0 Å². The number of piperidine rings is 1. The van der Waals surface area contributed by atoms with E-state index in [-0.39, 0.29) is 0 Å². The maximum atomic E-state index is 4.86. The lowest BCUT2D eigenvalue weighted by atomic mass is 9.97. The van der Waals surface area contributed by atoms with Gasteiger partial charge in [0.2, 0.25) is 0 Å². The number of anilines is 1. The van der Waals surface area contributed by atoms with Crippen LogP contribution in [0.2, 0.25) is 0 Å². The number of thiazole rings is 1. The largest absolute Gasteiger partial charge is 0.347 e. The van der Waals surface area contributed by atoms with E-state index in [9.17, 15) is 0 Å². The summed E-state index contributed by atoms with van der Waals surface area (Å²) in [6, 6.07) is 8.41. The SMILES string of the molecule is Cn1c(CN2CCCC2)nnc1[C@@H]1CCCN(c2nc3ccccc3s2)C1. The Morgan fingerprint density at radius 1 is 1.07 bits per heavy atom. The van der Waals surface area contributed by atoms with Crippen LogP contribution in [-0.2, 0) is 13.6 Å². The molecule has 6 nitrogen and oxygen atoms in total. The molecule has 2 fully saturated rings. The Kier molecular flexibility index (Phi) is 4.57. The predicted octanol–water partition coefficient (Wildman–Crippen LogP) is 3.40. The van der Waals surface area contributed by atoms with Gasteiger partial charge in [-0.2, -0.15) is 0 Å². The molecule has 0 spiro atoms. The van der Waals surface area contributed by atoms with Crippen molar-refractivity contribution in [2.24, 2.45) is 7.05 Å². The zero-order valence-corrected chi connectivity index (χ0v) is 16.7. The molecule has 2 aliphatic rings. The highest BCUT2D eigenvalue weighted by atomic mass is 32.1. The first-order chi connectivity index (χ1) is 13.3. The lowest BCUT2D eigenvalue weighted by Gasteiger charge is -2.32. The van der Waals surface area contributed by atoms with E-state index in [1.807, 2.05) is 0 Å². The molecule has 0 unspecified atom stereocenters. The number of rotatable bonds is 4. The van der Waals surface area contributed by atoms with Crippen LogP contribution < -0.4 is 4.90 Å². The van der Waals surface area contributed by atoms with Crippen LogP contribution in [0.5, 0.6) is 0 Å². The molecule has 27 heavy (non-hydrogen) atoms. The molecule has 2 aromatic heterocycles. The van der Waals surface area contributed by atoms with Crippen molar-refractivity contribution < 1.29 is 0 Å². The van der Waals surface area contributed by atoms with Gasteiger partial charge in [-0.05, 0) is 50.9 Å². The van der Waals surface area contributed by atoms with Gasteiger partial charge in [-0.15, -0.1) is 10.2 Å². The summed E-state index contributed by atoms with van der Waals surface area (Å²) in [7, 11) is 2.14. The van der Waals surface area contributed by atoms with E-state index in [1.165, 1.54) is 43.5 Å². The number of aromatic nitrogens is 4. The number of fused-ring (bicyclic) bond motifs is 1. The van der Waals surface area contributed by atoms with Crippen molar-refractivity contribution in [1.29, 1.82) is 0 Å². The molecule has 2 aliphatic heterocycles. The molecule has 1 aromatic carbocycles. The second kappa shape index (κ2) is 7.20. The summed E-state index contributed by atoms with van der Waals surface area (Å²) in [5.41, 5.74) is 1.10. The minimum Gasteiger partial charge on any atom is -0.347 e. The van der Waals surface area contributed by atoms with Gasteiger partial charge >= 0.3 is 0 Å². The van der Waals surface area contributed by atoms with E-state index in [0.717, 1.165) is 41.9 Å². The van der Waals surface area contributed by atoms with E-state index < -0.39 is 0 Å². The fraction of sp³-hybridized carbons (Fsp3) is 0.550. The molecule has 0 saturated carbocycles. The van der Waals surface area contributed by atoms with Gasteiger partial charge in [0.05, 0.1) is 16.8 Å². The Morgan fingerprint density at radius 2 is 1.93 bits per heavy atom. The maximum Gasteiger partial charge on any atom is 0.186 e. The van der Waals surface area contributed by atoms with Crippen LogP contribution in [0.15, 0.2) is 24.3 Å². The normalized spacial score (nSPS) is 21.4. The van der Waals surface area contributed by atoms with Crippen molar-refractivity contribution in [1.82, 2.24) is 24.6 Å². The van der Waals surface area contributed by atoms with Crippen LogP contribution >= 0.6 is 11.3 Å². The van der Waals surface area contributed by atoms with Crippen molar-refractivity contribution in [3.05, 3.63) is 35.9 Å². The summed E-state index contributed by atoms with van der Waals surface area (Å²) < 4.78 is 3.51. The molecular formula is C20H26N6S. The highest BCUT2D eigenvalue weighted by molar-refractivity contribution is 7.22. The quantitative estimate of drug-likeness (QED) is 0.692. The average Bonchev–Trinajstić information content (AvgIpc) is 3.43. The lowest BCUT2D eigenvalue weighted by molar-refractivity contribution is 0.317. The number of hydrogen-bond acceptors (Lipinski definition) is 6. The summed E-state index contributed by atoms with van der Waals surface area (Å²) in [6.45, 7) is 5.37. The van der Waals surface area contributed by atoms with Crippen LogP contribution in [0.3, 0.4) is 0 Å². The zero-order chi connectivity index (χ0) is 18.2. The van der Waals surface area contributed by atoms with Crippen LogP contribution in [0.25, 0.3) is 10.2 Å². The first-order valence-electron chi connectivity index (χ1n) is 9.99. The first kappa shape index (κ1) is 17.1. The molecule has 5 rings (SSSR count). The van der Waals surface area contributed by atoms with Crippen LogP contribution in [-0.4, -0.2) is 50.8 Å². The second-order valence-corrected chi connectivity index (χ2v) is 8.78. The Labute approximate surface area is 163 Å². The van der Waals surface area contributed by atoms with Crippen molar-refractivity contribution in [3.63, 3.8) is 0 Å². The number of likely N-dealkylation sites (tertiary alicyclic amines) is 1. The summed E-state index contributed by atoms with van der Waals surface area (Å²) in [6.07, 6.45) is 4.97. The Bertz CT molecular complexity index is 893. The van der Waals surface area contributed by atoms with Gasteiger partial charge in [0.25, 0.3) is 0 Å². The summed E-state index contributed by atoms with van der Waals surface area (Å²) >= 11 is 1.80. The van der Waals surface area contributed by atoms with E-state index in [2.05, 4.69) is 55.9 Å². The van der Waals surface area contributed by atoms with Gasteiger partial charge < -0.3 is 9.47 Å². The van der Waals surface area contributed by atoms with Gasteiger partial charge in [-0.25, -0.2) is 4.98 Å². The van der Waals surface area contributed by atoms with Crippen molar-refractivity contribution in [3.8, 4) is 0 Å². The molecule has 0 bridgehead atoms. The molecule has 0 amide bonds. The summed E-state index contributed by atoms with van der Waals surface area (Å²) in [4.78, 5) is 9.78. The fourth-order valence-corrected chi connectivity index (χ4v) is 5.37. The smallest absolute Gasteiger partial charge is 0.186 e. The molecule has 2 saturated heterocycles. The van der Waals surface area contributed by atoms with Crippen LogP contribution in [0.1, 0.15) is 43.3 Å². The maximum absolute atomic E-state index is 4.86. The molecule has 4 heterocycles. The van der Waals surface area contributed by atoms with E-state index in [1.54, 1.807) is 11.3 Å². The number of nitrogens with zero attached hydrogens (tertiary/aromatic N) is 6. The molecule has 142 valence electrons. The standard InChI is InChI=1S/C20H26N6S/c1-24-18(14-25-10-4-5-11-25)22-23-19(24)15-7-6-12-26(13-15)20-21-16-8-2-3-9-17(16)27-20/h2-3,8-9,15H,4-7,10-14H2,1H3/t15-/m1/s1. The summed E-state index contributed by atoms with van der Waals surface area (Å²) in [5, 5.41) is 10.3. The highest BCUT2D eigenvalue weighted by Crippen LogP contribution is 2.34. The third kappa shape index (κ3) is 3.34. The molecule has 0 radical (unpaired) electrons. The average molecular weight is 383 g/mol. The van der Waals surface area contributed by atoms with Gasteiger partial charge in [-0.3, -0.25) is 4.90 Å². The van der Waals surface area contributed by atoms with Crippen molar-refractivity contribution >= 4 is 26.7 Å². The monoisotopic (exact) mass is 382 g/mol. The topological polar surface area (TPSA) is 50.1 Å². The third-order valence-corrected chi connectivity index (χ3v) is 7.00. The second-order valence-electron chi connectivity index (χ2n) is 7.77. The number of hydrogen-bond donors (Lipinski definition) is 0. The molecular weight excluding hydrogens is 356 g/mol. The van der Waals surface area contributed by atoms with Crippen molar-refractivity contribution in [2.45, 2.75) is 38.1 Å². The zero-order valence-electron chi connectivity index (χ0n) is 15.8. The first-order valence-corrected chi connectivity index (χ1v) is 10.8. The van der Waals surface area contributed by atoms with Crippen molar-refractivity contribution in [2.75, 3.05) is 31.1 Å². The number of benzene rings is 1. The Hall–Kier alpha value is -1.99. The fourth-order valence-electron chi connectivity index (χ4n) is 4.37. The third-order valence-electron chi connectivity index (χ3n) is 5.90. The minimum atomic E-state index is 0.426.